The third-order valence-corrected chi connectivity index (χ3v) is 5.09. The Hall–Kier alpha value is -4.14. The van der Waals surface area contributed by atoms with Gasteiger partial charge < -0.3 is 15.2 Å². The molecule has 0 saturated carbocycles. The maximum atomic E-state index is 14.0. The van der Waals surface area contributed by atoms with Crippen molar-refractivity contribution < 1.29 is 9.18 Å². The first-order valence-electron chi connectivity index (χ1n) is 10.0. The lowest BCUT2D eigenvalue weighted by Gasteiger charge is -2.10. The molecule has 0 saturated heterocycles. The molecule has 3 heterocycles. The predicted octanol–water partition coefficient (Wildman–Crippen LogP) is 3.26. The second-order valence-corrected chi connectivity index (χ2v) is 7.24. The van der Waals surface area contributed by atoms with Crippen LogP contribution < -0.4 is 10.6 Å². The quantitative estimate of drug-likeness (QED) is 0.466. The van der Waals surface area contributed by atoms with E-state index in [0.29, 0.717) is 35.9 Å². The highest BCUT2D eigenvalue weighted by atomic mass is 19.1. The lowest BCUT2D eigenvalue weighted by molar-refractivity contribution is 0.0950. The second-order valence-electron chi connectivity index (χ2n) is 7.24. The molecule has 0 unspecified atom stereocenters. The van der Waals surface area contributed by atoms with Crippen molar-refractivity contribution in [2.24, 2.45) is 7.05 Å². The van der Waals surface area contributed by atoms with Crippen molar-refractivity contribution in [2.75, 3.05) is 5.32 Å². The number of aromatic nitrogens is 5. The molecule has 0 spiro atoms. The van der Waals surface area contributed by atoms with E-state index in [4.69, 9.17) is 0 Å². The van der Waals surface area contributed by atoms with Crippen LogP contribution in [-0.4, -0.2) is 30.6 Å². The summed E-state index contributed by atoms with van der Waals surface area (Å²) in [6.45, 7) is 2.67. The van der Waals surface area contributed by atoms with Gasteiger partial charge in [0.2, 0.25) is 0 Å². The first-order chi connectivity index (χ1) is 15.5. The summed E-state index contributed by atoms with van der Waals surface area (Å²) in [5.41, 5.74) is 3.48. The van der Waals surface area contributed by atoms with Gasteiger partial charge in [0, 0.05) is 30.7 Å². The molecule has 0 aliphatic carbocycles. The lowest BCUT2D eigenvalue weighted by Crippen LogP contribution is -2.23. The summed E-state index contributed by atoms with van der Waals surface area (Å²) in [5, 5.41) is 14.4. The zero-order chi connectivity index (χ0) is 22.5. The zero-order valence-electron chi connectivity index (χ0n) is 17.7. The van der Waals surface area contributed by atoms with Gasteiger partial charge in [-0.05, 0) is 42.8 Å². The van der Waals surface area contributed by atoms with Gasteiger partial charge in [-0.2, -0.15) is 0 Å². The van der Waals surface area contributed by atoms with E-state index in [1.54, 1.807) is 42.1 Å². The van der Waals surface area contributed by atoms with Gasteiger partial charge in [0.25, 0.3) is 5.91 Å². The molecule has 0 fully saturated rings. The fraction of sp³-hybridized carbons (Fsp3) is 0.174. The number of nitrogens with zero attached hydrogens (tertiary/aromatic N) is 5. The monoisotopic (exact) mass is 431 g/mol. The van der Waals surface area contributed by atoms with E-state index in [1.165, 1.54) is 6.20 Å². The number of benzene rings is 1. The summed E-state index contributed by atoms with van der Waals surface area (Å²) in [6, 6.07) is 12.6. The molecule has 0 aliphatic rings. The van der Waals surface area contributed by atoms with Gasteiger partial charge in [-0.3, -0.25) is 14.8 Å². The number of anilines is 1. The Balaban J connectivity index is 1.41. The molecule has 4 aromatic rings. The summed E-state index contributed by atoms with van der Waals surface area (Å²) in [7, 11) is 1.77. The fourth-order valence-electron chi connectivity index (χ4n) is 3.23. The van der Waals surface area contributed by atoms with Crippen LogP contribution in [0.25, 0.3) is 11.4 Å². The average molecular weight is 431 g/mol. The molecule has 0 atom stereocenters. The number of rotatable bonds is 7. The minimum absolute atomic E-state index is 0.187. The number of carbonyl (C=O) groups excluding carboxylic acids is 1. The van der Waals surface area contributed by atoms with E-state index in [2.05, 4.69) is 30.8 Å². The minimum atomic E-state index is -0.456. The second kappa shape index (κ2) is 9.34. The highest BCUT2D eigenvalue weighted by Crippen LogP contribution is 2.20. The van der Waals surface area contributed by atoms with Crippen LogP contribution in [0.15, 0.2) is 61.1 Å². The number of pyridine rings is 2. The Bertz CT molecular complexity index is 1250. The average Bonchev–Trinajstić information content (AvgIpc) is 3.17. The van der Waals surface area contributed by atoms with Crippen molar-refractivity contribution in [2.45, 2.75) is 20.0 Å². The predicted molar refractivity (Wildman–Crippen MR) is 118 cm³/mol. The van der Waals surface area contributed by atoms with E-state index in [1.807, 2.05) is 25.1 Å². The van der Waals surface area contributed by atoms with E-state index in [0.717, 1.165) is 23.1 Å². The van der Waals surface area contributed by atoms with Crippen molar-refractivity contribution >= 4 is 11.6 Å². The van der Waals surface area contributed by atoms with Crippen LogP contribution in [0.2, 0.25) is 0 Å². The third kappa shape index (κ3) is 4.61. The van der Waals surface area contributed by atoms with Crippen molar-refractivity contribution in [3.05, 3.63) is 89.5 Å². The SMILES string of the molecule is Cc1cccnc1CNC(=O)c1cccc(NCc2nnc(-c3ccncc3F)n2C)c1. The Morgan fingerprint density at radius 3 is 2.78 bits per heavy atom. The Morgan fingerprint density at radius 2 is 1.97 bits per heavy atom. The highest BCUT2D eigenvalue weighted by Gasteiger charge is 2.14. The fourth-order valence-corrected chi connectivity index (χ4v) is 3.23. The van der Waals surface area contributed by atoms with Gasteiger partial charge in [0.05, 0.1) is 30.5 Å². The summed E-state index contributed by atoms with van der Waals surface area (Å²) in [6.07, 6.45) is 4.37. The van der Waals surface area contributed by atoms with Gasteiger partial charge in [-0.15, -0.1) is 10.2 Å². The van der Waals surface area contributed by atoms with Crippen LogP contribution in [0.4, 0.5) is 10.1 Å². The van der Waals surface area contributed by atoms with Gasteiger partial charge in [0.1, 0.15) is 0 Å². The number of amides is 1. The van der Waals surface area contributed by atoms with Gasteiger partial charge >= 0.3 is 0 Å². The van der Waals surface area contributed by atoms with Crippen LogP contribution in [0.1, 0.15) is 27.4 Å². The van der Waals surface area contributed by atoms with Gasteiger partial charge in [-0.25, -0.2) is 4.39 Å². The Kier molecular flexibility index (Phi) is 6.16. The number of hydrogen-bond acceptors (Lipinski definition) is 6. The summed E-state index contributed by atoms with van der Waals surface area (Å²) in [5.74, 6) is 0.395. The highest BCUT2D eigenvalue weighted by molar-refractivity contribution is 5.95. The number of aryl methyl sites for hydroxylation is 1. The smallest absolute Gasteiger partial charge is 0.251 e. The molecule has 8 nitrogen and oxygen atoms in total. The van der Waals surface area contributed by atoms with Crippen LogP contribution in [0, 0.1) is 12.7 Å². The molecule has 9 heteroatoms. The Labute approximate surface area is 184 Å². The van der Waals surface area contributed by atoms with Crippen LogP contribution >= 0.6 is 0 Å². The van der Waals surface area contributed by atoms with Gasteiger partial charge in [-0.1, -0.05) is 12.1 Å². The van der Waals surface area contributed by atoms with E-state index >= 15 is 0 Å². The molecule has 162 valence electrons. The zero-order valence-corrected chi connectivity index (χ0v) is 17.7. The summed E-state index contributed by atoms with van der Waals surface area (Å²) >= 11 is 0. The number of hydrogen-bond donors (Lipinski definition) is 2. The van der Waals surface area contributed by atoms with Crippen molar-refractivity contribution in [1.82, 2.24) is 30.0 Å². The van der Waals surface area contributed by atoms with Crippen LogP contribution in [0.3, 0.4) is 0 Å². The summed E-state index contributed by atoms with van der Waals surface area (Å²) < 4.78 is 15.7. The molecule has 3 aromatic heterocycles. The number of carbonyl (C=O) groups is 1. The maximum absolute atomic E-state index is 14.0. The molecule has 0 radical (unpaired) electrons. The number of nitrogens with one attached hydrogen (secondary N) is 2. The topological polar surface area (TPSA) is 97.6 Å². The molecule has 0 bridgehead atoms. The van der Waals surface area contributed by atoms with Crippen molar-refractivity contribution in [3.8, 4) is 11.4 Å². The third-order valence-electron chi connectivity index (χ3n) is 5.09. The van der Waals surface area contributed by atoms with Crippen LogP contribution in [-0.2, 0) is 20.1 Å². The largest absolute Gasteiger partial charge is 0.378 e. The number of halogens is 1. The molecular formula is C23H22FN7O. The minimum Gasteiger partial charge on any atom is -0.378 e. The molecule has 32 heavy (non-hydrogen) atoms. The van der Waals surface area contributed by atoms with E-state index in [-0.39, 0.29) is 5.91 Å². The molecular weight excluding hydrogens is 409 g/mol. The van der Waals surface area contributed by atoms with E-state index in [9.17, 15) is 9.18 Å². The molecule has 2 N–H and O–H groups in total. The van der Waals surface area contributed by atoms with Crippen LogP contribution in [0.5, 0.6) is 0 Å². The van der Waals surface area contributed by atoms with Crippen molar-refractivity contribution in [3.63, 3.8) is 0 Å². The van der Waals surface area contributed by atoms with Crippen molar-refractivity contribution in [1.29, 1.82) is 0 Å². The first-order valence-corrected chi connectivity index (χ1v) is 10.0. The lowest BCUT2D eigenvalue weighted by atomic mass is 10.1. The summed E-state index contributed by atoms with van der Waals surface area (Å²) in [4.78, 5) is 20.6. The molecule has 0 aliphatic heterocycles. The van der Waals surface area contributed by atoms with Gasteiger partial charge in [0.15, 0.2) is 17.5 Å². The normalized spacial score (nSPS) is 10.7. The maximum Gasteiger partial charge on any atom is 0.251 e. The first kappa shape index (κ1) is 21.1. The molecule has 4 rings (SSSR count). The van der Waals surface area contributed by atoms with E-state index < -0.39 is 5.82 Å². The molecule has 1 amide bonds. The Morgan fingerprint density at radius 1 is 1.09 bits per heavy atom. The standard InChI is InChI=1S/C23H22FN7O/c1-15-5-4-9-26-20(15)13-28-23(32)16-6-3-7-17(11-16)27-14-21-29-30-22(31(21)2)18-8-10-25-12-19(18)24/h3-12,27H,13-14H2,1-2H3,(H,28,32). The molecule has 1 aromatic carbocycles.